The minimum absolute atomic E-state index is 0. The van der Waals surface area contributed by atoms with Crippen molar-refractivity contribution >= 4 is 52.6 Å². The van der Waals surface area contributed by atoms with Crippen LogP contribution < -0.4 is 52.2 Å². The second kappa shape index (κ2) is 8.38. The van der Waals surface area contributed by atoms with Gasteiger partial charge in [-0.1, -0.05) is 0 Å². The Morgan fingerprint density at radius 2 is 0.943 bits per heavy atom. The largest absolute Gasteiger partial charge is 1.00 e. The molecule has 0 bridgehead atoms. The molecule has 0 amide bonds. The minimum atomic E-state index is -1.13. The Morgan fingerprint density at radius 3 is 1.43 bits per heavy atom. The summed E-state index contributed by atoms with van der Waals surface area (Å²) in [6.07, 6.45) is 4.47. The third kappa shape index (κ3) is 3.19. The van der Waals surface area contributed by atoms with Crippen LogP contribution in [0.4, 0.5) is 11.4 Å². The van der Waals surface area contributed by atoms with Crippen LogP contribution in [0.15, 0.2) is 94.9 Å². The van der Waals surface area contributed by atoms with E-state index in [1.807, 2.05) is 0 Å². The first-order valence-electron chi connectivity index (χ1n) is 11.2. The van der Waals surface area contributed by atoms with Crippen molar-refractivity contribution < 1.29 is 48.0 Å². The molecule has 4 aromatic rings. The van der Waals surface area contributed by atoms with Gasteiger partial charge in [0, 0.05) is 0 Å². The number of nitrogens with zero attached hydrogens (tertiary/aromatic N) is 2. The van der Waals surface area contributed by atoms with Gasteiger partial charge in [-0.15, -0.1) is 0 Å². The van der Waals surface area contributed by atoms with E-state index in [1.165, 1.54) is 49.7 Å². The summed E-state index contributed by atoms with van der Waals surface area (Å²) in [5.74, 6) is 0. The van der Waals surface area contributed by atoms with E-state index in [0.717, 1.165) is 22.8 Å². The predicted octanol–water partition coefficient (Wildman–Crippen LogP) is -4.11. The van der Waals surface area contributed by atoms with Crippen LogP contribution in [0.2, 0.25) is 0 Å². The second-order valence-electron chi connectivity index (χ2n) is 8.73. The normalized spacial score (nSPS) is 14.4. The van der Waals surface area contributed by atoms with Gasteiger partial charge >= 0.3 is 203 Å². The molecule has 4 aromatic carbocycles. The molecule has 0 saturated heterocycles. The summed E-state index contributed by atoms with van der Waals surface area (Å²) in [7, 11) is 0. The number of benzene rings is 4. The Labute approximate surface area is 226 Å². The van der Waals surface area contributed by atoms with E-state index >= 15 is 0 Å². The Kier molecular flexibility index (Phi) is 5.42. The van der Waals surface area contributed by atoms with Crippen LogP contribution in [0.5, 0.6) is 0 Å². The molecule has 35 heavy (non-hydrogen) atoms. The molecule has 0 N–H and O–H groups in total. The van der Waals surface area contributed by atoms with Crippen LogP contribution in [-0.4, -0.2) is 11.4 Å². The fourth-order valence-electron chi connectivity index (χ4n) is 5.52. The van der Waals surface area contributed by atoms with E-state index in [4.69, 9.17) is 9.98 Å². The van der Waals surface area contributed by atoms with Gasteiger partial charge in [-0.05, 0) is 0 Å². The molecular formula is C30H16Cl2N2Zr. The third-order valence-electron chi connectivity index (χ3n) is 6.89. The SMILES string of the molecule is C1=c2ccccc2=C2C1=Nc1ccc[c]([Zr+2][c]3cccc4c3C3=c5ccccc5=CC3=N4)c12.[Cl-].[Cl-]. The molecule has 2 heterocycles. The van der Waals surface area contributed by atoms with Crippen LogP contribution >= 0.6 is 0 Å². The molecule has 0 spiro atoms. The van der Waals surface area contributed by atoms with Crippen molar-refractivity contribution in [3.05, 3.63) is 117 Å². The van der Waals surface area contributed by atoms with Crippen molar-refractivity contribution in [3.63, 3.8) is 0 Å². The van der Waals surface area contributed by atoms with E-state index in [9.17, 15) is 0 Å². The topological polar surface area (TPSA) is 24.7 Å². The average Bonchev–Trinajstić information content (AvgIpc) is 3.56. The molecule has 5 heteroatoms. The number of rotatable bonds is 2. The number of fused-ring (bicyclic) bond motifs is 8. The first-order chi connectivity index (χ1) is 16.3. The zero-order valence-electron chi connectivity index (χ0n) is 18.4. The molecule has 0 radical (unpaired) electrons. The third-order valence-corrected chi connectivity index (χ3v) is 10.3. The first kappa shape index (κ1) is 22.6. The Hall–Kier alpha value is -2.84. The number of halogens is 2. The molecule has 2 aliphatic heterocycles. The van der Waals surface area contributed by atoms with Crippen molar-refractivity contribution in [3.8, 4) is 0 Å². The van der Waals surface area contributed by atoms with Crippen LogP contribution in [0, 0.1) is 0 Å². The maximum Gasteiger partial charge on any atom is -1.00 e. The van der Waals surface area contributed by atoms with Gasteiger partial charge in [0.05, 0.1) is 0 Å². The van der Waals surface area contributed by atoms with Gasteiger partial charge in [0.2, 0.25) is 0 Å². The molecule has 8 rings (SSSR count). The smallest absolute Gasteiger partial charge is 1.00 e. The number of aliphatic imine (C=N–C) groups is 2. The van der Waals surface area contributed by atoms with Crippen LogP contribution in [0.1, 0.15) is 11.1 Å². The average molecular weight is 567 g/mol. The molecule has 4 aliphatic rings. The molecule has 2 aliphatic carbocycles. The van der Waals surface area contributed by atoms with Gasteiger partial charge < -0.3 is 24.8 Å². The summed E-state index contributed by atoms with van der Waals surface area (Å²) in [6.45, 7) is 0. The summed E-state index contributed by atoms with van der Waals surface area (Å²) in [4.78, 5) is 10.0. The standard InChI is InChI=1S/2C15H8N.2ClH.Zr/c2*1-2-6-11-10(5-1)9-14-15(11)12-7-3-4-8-13(12)16-14;;;/h2*1-6,8-9H;2*1H;/q;;;;+2/p-2. The van der Waals surface area contributed by atoms with Gasteiger partial charge in [0.15, 0.2) is 0 Å². The fourth-order valence-corrected chi connectivity index (χ4v) is 8.98. The summed E-state index contributed by atoms with van der Waals surface area (Å²) in [5.41, 5.74) is 9.87. The molecule has 0 fully saturated rings. The van der Waals surface area contributed by atoms with E-state index in [2.05, 4.69) is 97.1 Å². The van der Waals surface area contributed by atoms with E-state index < -0.39 is 23.2 Å². The fraction of sp³-hybridized carbons (Fsp3) is 0. The van der Waals surface area contributed by atoms with Crippen molar-refractivity contribution in [2.45, 2.75) is 0 Å². The van der Waals surface area contributed by atoms with Crippen LogP contribution in [-0.2, 0) is 23.2 Å². The maximum atomic E-state index is 5.00. The minimum Gasteiger partial charge on any atom is -1.00 e. The molecule has 0 saturated carbocycles. The van der Waals surface area contributed by atoms with Crippen LogP contribution in [0.25, 0.3) is 23.3 Å². The number of hydrogen-bond acceptors (Lipinski definition) is 2. The number of hydrogen-bond donors (Lipinski definition) is 0. The molecule has 2 nitrogen and oxygen atoms in total. The van der Waals surface area contributed by atoms with E-state index in [0.29, 0.717) is 0 Å². The quantitative estimate of drug-likeness (QED) is 0.236. The summed E-state index contributed by atoms with van der Waals surface area (Å²) >= 11 is -1.13. The van der Waals surface area contributed by atoms with Gasteiger partial charge in [-0.3, -0.25) is 0 Å². The van der Waals surface area contributed by atoms with Gasteiger partial charge in [0.25, 0.3) is 0 Å². The van der Waals surface area contributed by atoms with Crippen molar-refractivity contribution in [1.82, 2.24) is 0 Å². The van der Waals surface area contributed by atoms with Crippen molar-refractivity contribution in [2.75, 3.05) is 0 Å². The first-order valence-corrected chi connectivity index (χ1v) is 13.6. The monoisotopic (exact) mass is 564 g/mol. The Bertz CT molecular complexity index is 1760. The molecule has 164 valence electrons. The van der Waals surface area contributed by atoms with Crippen LogP contribution in [0.3, 0.4) is 0 Å². The van der Waals surface area contributed by atoms with Crippen molar-refractivity contribution in [2.24, 2.45) is 9.98 Å². The molecule has 0 aromatic heterocycles. The summed E-state index contributed by atoms with van der Waals surface area (Å²) in [5, 5.41) is 5.20. The Morgan fingerprint density at radius 1 is 0.486 bits per heavy atom. The van der Waals surface area contributed by atoms with Gasteiger partial charge in [-0.25, -0.2) is 0 Å². The van der Waals surface area contributed by atoms with E-state index in [-0.39, 0.29) is 24.8 Å². The molecule has 0 atom stereocenters. The predicted molar refractivity (Wildman–Crippen MR) is 132 cm³/mol. The maximum absolute atomic E-state index is 5.00. The van der Waals surface area contributed by atoms with Gasteiger partial charge in [-0.2, -0.15) is 0 Å². The summed E-state index contributed by atoms with van der Waals surface area (Å²) < 4.78 is 2.99. The Balaban J connectivity index is 0.00000114. The van der Waals surface area contributed by atoms with Crippen molar-refractivity contribution in [1.29, 1.82) is 0 Å². The molecular weight excluding hydrogens is 550 g/mol. The second-order valence-corrected chi connectivity index (χ2v) is 12.0. The van der Waals surface area contributed by atoms with Gasteiger partial charge in [0.1, 0.15) is 0 Å². The summed E-state index contributed by atoms with van der Waals surface area (Å²) in [6, 6.07) is 30.7. The molecule has 0 unspecified atom stereocenters. The zero-order chi connectivity index (χ0) is 21.5. The zero-order valence-corrected chi connectivity index (χ0v) is 22.4. The van der Waals surface area contributed by atoms with E-state index in [1.54, 1.807) is 0 Å².